The van der Waals surface area contributed by atoms with Crippen LogP contribution in [0.25, 0.3) is 0 Å². The van der Waals surface area contributed by atoms with E-state index in [4.69, 9.17) is 9.68 Å². The van der Waals surface area contributed by atoms with Crippen LogP contribution in [0.15, 0.2) is 22.6 Å². The maximum absolute atomic E-state index is 13.1. The molecule has 0 saturated heterocycles. The molecule has 1 N–H and O–H groups in total. The van der Waals surface area contributed by atoms with Crippen molar-refractivity contribution in [1.29, 1.82) is 5.26 Å². The number of carbonyl (C=O) groups excluding carboxylic acids is 2. The molecule has 0 unspecified atom stereocenters. The summed E-state index contributed by atoms with van der Waals surface area (Å²) in [5.41, 5.74) is -0.190. The average molecular weight is 304 g/mol. The van der Waals surface area contributed by atoms with Crippen LogP contribution < -0.4 is 5.32 Å². The second kappa shape index (κ2) is 5.77. The van der Waals surface area contributed by atoms with E-state index in [1.165, 1.54) is 13.8 Å². The predicted octanol–water partition coefficient (Wildman–Crippen LogP) is 3.19. The van der Waals surface area contributed by atoms with Crippen molar-refractivity contribution in [2.75, 3.05) is 5.32 Å². The van der Waals surface area contributed by atoms with E-state index in [9.17, 15) is 18.4 Å². The summed E-state index contributed by atoms with van der Waals surface area (Å²) < 4.78 is 31.2. The van der Waals surface area contributed by atoms with Gasteiger partial charge in [0.15, 0.2) is 17.4 Å². The molecule has 0 atom stereocenters. The second-order valence-corrected chi connectivity index (χ2v) is 4.49. The van der Waals surface area contributed by atoms with Crippen molar-refractivity contribution in [1.82, 2.24) is 0 Å². The molecule has 22 heavy (non-hydrogen) atoms. The molecular formula is C15H10F2N2O3. The highest BCUT2D eigenvalue weighted by atomic mass is 19.2. The van der Waals surface area contributed by atoms with Gasteiger partial charge in [0.05, 0.1) is 5.56 Å². The van der Waals surface area contributed by atoms with Crippen molar-refractivity contribution in [2.24, 2.45) is 0 Å². The number of nitriles is 1. The Balaban J connectivity index is 2.37. The van der Waals surface area contributed by atoms with Crippen LogP contribution in [0.4, 0.5) is 14.7 Å². The Labute approximate surface area is 124 Å². The SMILES string of the molecule is CC(=O)c1c(C)oc(NC(=O)c2ccc(F)c(F)c2)c1C#N. The minimum absolute atomic E-state index is 0.0723. The van der Waals surface area contributed by atoms with Crippen molar-refractivity contribution >= 4 is 17.6 Å². The number of amides is 1. The minimum atomic E-state index is -1.17. The number of benzene rings is 1. The van der Waals surface area contributed by atoms with Crippen molar-refractivity contribution in [2.45, 2.75) is 13.8 Å². The zero-order valence-electron chi connectivity index (χ0n) is 11.7. The summed E-state index contributed by atoms with van der Waals surface area (Å²) in [7, 11) is 0. The largest absolute Gasteiger partial charge is 0.443 e. The van der Waals surface area contributed by atoms with Gasteiger partial charge in [-0.1, -0.05) is 0 Å². The van der Waals surface area contributed by atoms with Gasteiger partial charge < -0.3 is 4.42 Å². The predicted molar refractivity (Wildman–Crippen MR) is 72.5 cm³/mol. The lowest BCUT2D eigenvalue weighted by Gasteiger charge is -2.03. The van der Waals surface area contributed by atoms with Crippen LogP contribution in [-0.4, -0.2) is 11.7 Å². The van der Waals surface area contributed by atoms with Gasteiger partial charge in [-0.2, -0.15) is 5.26 Å². The monoisotopic (exact) mass is 304 g/mol. The summed E-state index contributed by atoms with van der Waals surface area (Å²) in [6.07, 6.45) is 0. The van der Waals surface area contributed by atoms with E-state index in [2.05, 4.69) is 5.32 Å². The molecule has 1 amide bonds. The molecule has 0 saturated carbocycles. The molecule has 0 fully saturated rings. The quantitative estimate of drug-likeness (QED) is 0.883. The third-order valence-electron chi connectivity index (χ3n) is 2.96. The molecule has 5 nitrogen and oxygen atoms in total. The van der Waals surface area contributed by atoms with Gasteiger partial charge in [-0.25, -0.2) is 8.78 Å². The topological polar surface area (TPSA) is 83.1 Å². The molecule has 0 bridgehead atoms. The van der Waals surface area contributed by atoms with E-state index in [1.807, 2.05) is 0 Å². The summed E-state index contributed by atoms with van der Waals surface area (Å²) in [5, 5.41) is 11.4. The molecule has 0 aliphatic heterocycles. The van der Waals surface area contributed by atoms with Crippen LogP contribution in [0, 0.1) is 29.9 Å². The lowest BCUT2D eigenvalue weighted by molar-refractivity contribution is 0.101. The Morgan fingerprint density at radius 3 is 2.50 bits per heavy atom. The second-order valence-electron chi connectivity index (χ2n) is 4.49. The Morgan fingerprint density at radius 2 is 1.95 bits per heavy atom. The van der Waals surface area contributed by atoms with Gasteiger partial charge in [0.25, 0.3) is 5.91 Å². The molecule has 112 valence electrons. The smallest absolute Gasteiger partial charge is 0.258 e. The van der Waals surface area contributed by atoms with Crippen molar-refractivity contribution in [3.63, 3.8) is 0 Å². The van der Waals surface area contributed by atoms with Crippen LogP contribution in [0.1, 0.15) is 39.0 Å². The van der Waals surface area contributed by atoms with Crippen LogP contribution in [0.5, 0.6) is 0 Å². The van der Waals surface area contributed by atoms with Crippen LogP contribution >= 0.6 is 0 Å². The number of nitrogens with one attached hydrogen (secondary N) is 1. The van der Waals surface area contributed by atoms with Crippen molar-refractivity contribution < 1.29 is 22.8 Å². The number of rotatable bonds is 3. The first-order valence-electron chi connectivity index (χ1n) is 6.16. The first-order valence-corrected chi connectivity index (χ1v) is 6.16. The standard InChI is InChI=1S/C15H10F2N2O3/c1-7(20)13-8(2)22-15(10(13)6-18)19-14(21)9-3-4-11(16)12(17)5-9/h3-5H,1-2H3,(H,19,21). The van der Waals surface area contributed by atoms with Gasteiger partial charge in [-0.05, 0) is 32.0 Å². The maximum atomic E-state index is 13.1. The molecule has 0 spiro atoms. The highest BCUT2D eigenvalue weighted by Gasteiger charge is 2.23. The number of anilines is 1. The molecule has 1 aromatic heterocycles. The molecule has 7 heteroatoms. The van der Waals surface area contributed by atoms with Crippen LogP contribution in [-0.2, 0) is 0 Å². The first kappa shape index (κ1) is 15.4. The van der Waals surface area contributed by atoms with Gasteiger partial charge in [0.2, 0.25) is 5.88 Å². The van der Waals surface area contributed by atoms with Crippen molar-refractivity contribution in [3.8, 4) is 6.07 Å². The number of Topliss-reactive ketones (excluding diaryl/α,β-unsaturated/α-hetero) is 1. The molecule has 1 heterocycles. The maximum Gasteiger partial charge on any atom is 0.258 e. The fourth-order valence-corrected chi connectivity index (χ4v) is 1.98. The van der Waals surface area contributed by atoms with Gasteiger partial charge in [-0.3, -0.25) is 14.9 Å². The van der Waals surface area contributed by atoms with Gasteiger partial charge >= 0.3 is 0 Å². The normalized spacial score (nSPS) is 10.1. The molecule has 0 aliphatic rings. The highest BCUT2D eigenvalue weighted by molar-refractivity contribution is 6.06. The summed E-state index contributed by atoms with van der Waals surface area (Å²) in [5.74, 6) is -3.45. The Morgan fingerprint density at radius 1 is 1.27 bits per heavy atom. The van der Waals surface area contributed by atoms with E-state index in [1.54, 1.807) is 6.07 Å². The van der Waals surface area contributed by atoms with Crippen molar-refractivity contribution in [3.05, 3.63) is 52.3 Å². The zero-order valence-corrected chi connectivity index (χ0v) is 11.7. The number of hydrogen-bond acceptors (Lipinski definition) is 4. The van der Waals surface area contributed by atoms with E-state index in [-0.39, 0.29) is 34.1 Å². The molecular weight excluding hydrogens is 294 g/mol. The molecule has 1 aromatic carbocycles. The third-order valence-corrected chi connectivity index (χ3v) is 2.96. The van der Waals surface area contributed by atoms with E-state index in [0.717, 1.165) is 18.2 Å². The van der Waals surface area contributed by atoms with Gasteiger partial charge in [0, 0.05) is 5.56 Å². The lowest BCUT2D eigenvalue weighted by atomic mass is 10.1. The number of ketones is 1. The average Bonchev–Trinajstić information content (AvgIpc) is 2.77. The Kier molecular flexibility index (Phi) is 4.04. The van der Waals surface area contributed by atoms with Crippen LogP contribution in [0.2, 0.25) is 0 Å². The summed E-state index contributed by atoms with van der Waals surface area (Å²) in [4.78, 5) is 23.5. The zero-order chi connectivity index (χ0) is 16.4. The highest BCUT2D eigenvalue weighted by Crippen LogP contribution is 2.27. The third kappa shape index (κ3) is 2.72. The van der Waals surface area contributed by atoms with Gasteiger partial charge in [-0.15, -0.1) is 0 Å². The fourth-order valence-electron chi connectivity index (χ4n) is 1.98. The molecule has 2 aromatic rings. The van der Waals surface area contributed by atoms with E-state index in [0.29, 0.717) is 0 Å². The van der Waals surface area contributed by atoms with E-state index < -0.39 is 17.5 Å². The van der Waals surface area contributed by atoms with Gasteiger partial charge in [0.1, 0.15) is 17.4 Å². The Bertz CT molecular complexity index is 819. The number of halogens is 2. The van der Waals surface area contributed by atoms with Crippen LogP contribution in [0.3, 0.4) is 0 Å². The Hall–Kier alpha value is -3.01. The molecule has 2 rings (SSSR count). The number of furan rings is 1. The summed E-state index contributed by atoms with van der Waals surface area (Å²) in [6, 6.07) is 4.40. The molecule has 0 aliphatic carbocycles. The molecule has 0 radical (unpaired) electrons. The first-order chi connectivity index (χ1) is 10.3. The summed E-state index contributed by atoms with van der Waals surface area (Å²) in [6.45, 7) is 2.74. The minimum Gasteiger partial charge on any atom is -0.443 e. The number of carbonyl (C=O) groups is 2. The van der Waals surface area contributed by atoms with E-state index >= 15 is 0 Å². The number of aryl methyl sites for hydroxylation is 1. The lowest BCUT2D eigenvalue weighted by Crippen LogP contribution is -2.13. The number of hydrogen-bond donors (Lipinski definition) is 1. The summed E-state index contributed by atoms with van der Waals surface area (Å²) >= 11 is 0. The fraction of sp³-hybridized carbons (Fsp3) is 0.133. The number of nitrogens with zero attached hydrogens (tertiary/aromatic N) is 1.